The van der Waals surface area contributed by atoms with Crippen LogP contribution >= 0.6 is 0 Å². The molecular weight excluding hydrogens is 390 g/mol. The molecule has 1 amide bonds. The summed E-state index contributed by atoms with van der Waals surface area (Å²) in [6.07, 6.45) is 11.0. The highest BCUT2D eigenvalue weighted by molar-refractivity contribution is 5.85. The lowest BCUT2D eigenvalue weighted by molar-refractivity contribution is -0.131. The minimum absolute atomic E-state index is 0.124. The van der Waals surface area contributed by atoms with Crippen molar-refractivity contribution >= 4 is 23.5 Å². The van der Waals surface area contributed by atoms with Crippen molar-refractivity contribution in [1.82, 2.24) is 25.1 Å². The van der Waals surface area contributed by atoms with Gasteiger partial charge in [0.2, 0.25) is 11.9 Å². The Labute approximate surface area is 182 Å². The van der Waals surface area contributed by atoms with E-state index in [2.05, 4.69) is 26.5 Å². The predicted molar refractivity (Wildman–Crippen MR) is 119 cm³/mol. The van der Waals surface area contributed by atoms with Crippen LogP contribution in [0.3, 0.4) is 0 Å². The molecule has 2 aliphatic heterocycles. The molecule has 31 heavy (non-hydrogen) atoms. The molecule has 0 radical (unpaired) electrons. The number of aromatic nitrogens is 4. The van der Waals surface area contributed by atoms with Crippen LogP contribution in [0.4, 0.5) is 17.6 Å². The Kier molecular flexibility index (Phi) is 4.80. The summed E-state index contributed by atoms with van der Waals surface area (Å²) in [4.78, 5) is 27.2. The molecule has 6 rings (SSSR count). The summed E-state index contributed by atoms with van der Waals surface area (Å²) in [5.41, 5.74) is 3.52. The van der Waals surface area contributed by atoms with Gasteiger partial charge in [0.25, 0.3) is 0 Å². The lowest BCUT2D eigenvalue weighted by Gasteiger charge is -2.28. The van der Waals surface area contributed by atoms with Crippen molar-refractivity contribution in [2.75, 3.05) is 29.9 Å². The Hall–Kier alpha value is -2.64. The van der Waals surface area contributed by atoms with E-state index in [0.717, 1.165) is 94.2 Å². The van der Waals surface area contributed by atoms with Gasteiger partial charge in [0.15, 0.2) is 5.82 Å². The van der Waals surface area contributed by atoms with Crippen molar-refractivity contribution < 1.29 is 4.79 Å². The summed E-state index contributed by atoms with van der Waals surface area (Å²) in [6.45, 7) is 2.63. The number of nitrogens with zero attached hydrogens (tertiary/aromatic N) is 5. The summed E-state index contributed by atoms with van der Waals surface area (Å²) in [7, 11) is 0. The quantitative estimate of drug-likeness (QED) is 0.745. The summed E-state index contributed by atoms with van der Waals surface area (Å²) in [5.74, 6) is 3.46. The van der Waals surface area contributed by atoms with Crippen molar-refractivity contribution in [1.29, 1.82) is 0 Å². The lowest BCUT2D eigenvalue weighted by Crippen LogP contribution is -2.45. The van der Waals surface area contributed by atoms with E-state index >= 15 is 0 Å². The molecule has 2 aromatic heterocycles. The van der Waals surface area contributed by atoms with Gasteiger partial charge in [-0.15, -0.1) is 0 Å². The number of anilines is 3. The van der Waals surface area contributed by atoms with Gasteiger partial charge in [-0.05, 0) is 70.1 Å². The number of aromatic amines is 1. The fraction of sp³-hybridized carbons (Fsp3) is 0.652. The third-order valence-electron chi connectivity index (χ3n) is 7.22. The zero-order valence-corrected chi connectivity index (χ0v) is 18.1. The van der Waals surface area contributed by atoms with Gasteiger partial charge in [0, 0.05) is 37.0 Å². The molecule has 0 aromatic carbocycles. The van der Waals surface area contributed by atoms with E-state index in [-0.39, 0.29) is 11.9 Å². The number of fused-ring (bicyclic) bond motifs is 1. The number of nitrogens with one attached hydrogen (secondary N) is 2. The van der Waals surface area contributed by atoms with Crippen LogP contribution < -0.4 is 10.2 Å². The molecule has 2 aromatic rings. The normalized spacial score (nSPS) is 22.9. The molecule has 0 bridgehead atoms. The van der Waals surface area contributed by atoms with E-state index in [4.69, 9.17) is 9.97 Å². The first kappa shape index (κ1) is 19.1. The predicted octanol–water partition coefficient (Wildman–Crippen LogP) is 2.98. The number of carbonyl (C=O) groups is 1. The van der Waals surface area contributed by atoms with Gasteiger partial charge in [-0.25, -0.2) is 4.98 Å². The molecule has 8 nitrogen and oxygen atoms in total. The largest absolute Gasteiger partial charge is 0.341 e. The minimum atomic E-state index is -0.124. The zero-order valence-electron chi connectivity index (χ0n) is 18.1. The van der Waals surface area contributed by atoms with Crippen LogP contribution in [-0.4, -0.2) is 56.6 Å². The molecule has 1 saturated carbocycles. The number of aryl methyl sites for hydroxylation is 1. The molecule has 2 N–H and O–H groups in total. The number of amides is 1. The Bertz CT molecular complexity index is 976. The van der Waals surface area contributed by atoms with E-state index in [1.807, 2.05) is 4.90 Å². The highest BCUT2D eigenvalue weighted by Gasteiger charge is 2.37. The van der Waals surface area contributed by atoms with Crippen molar-refractivity contribution in [2.45, 2.75) is 70.3 Å². The molecule has 164 valence electrons. The average molecular weight is 422 g/mol. The second-order valence-electron chi connectivity index (χ2n) is 9.59. The maximum absolute atomic E-state index is 13.1. The number of H-pyrrole nitrogens is 1. The van der Waals surface area contributed by atoms with Crippen molar-refractivity contribution in [2.24, 2.45) is 5.92 Å². The van der Waals surface area contributed by atoms with E-state index in [1.165, 1.54) is 24.1 Å². The molecule has 4 aliphatic rings. The minimum Gasteiger partial charge on any atom is -0.341 e. The number of hydrogen-bond acceptors (Lipinski definition) is 6. The van der Waals surface area contributed by atoms with Gasteiger partial charge < -0.3 is 15.1 Å². The van der Waals surface area contributed by atoms with Crippen molar-refractivity contribution in [3.63, 3.8) is 0 Å². The Balaban J connectivity index is 1.26. The Morgan fingerprint density at radius 1 is 1.06 bits per heavy atom. The number of carbonyl (C=O) groups excluding carboxylic acids is 1. The van der Waals surface area contributed by atoms with Gasteiger partial charge in [0.05, 0.1) is 5.69 Å². The smallest absolute Gasteiger partial charge is 0.245 e. The summed E-state index contributed by atoms with van der Waals surface area (Å²) >= 11 is 0. The van der Waals surface area contributed by atoms with Crippen LogP contribution in [0, 0.1) is 5.92 Å². The van der Waals surface area contributed by atoms with Crippen LogP contribution in [0.5, 0.6) is 0 Å². The van der Waals surface area contributed by atoms with Crippen LogP contribution in [0.25, 0.3) is 0 Å². The second kappa shape index (κ2) is 7.80. The maximum atomic E-state index is 13.1. The van der Waals surface area contributed by atoms with Gasteiger partial charge >= 0.3 is 0 Å². The molecule has 3 fully saturated rings. The highest BCUT2D eigenvalue weighted by Crippen LogP contribution is 2.34. The first-order valence-electron chi connectivity index (χ1n) is 12.0. The fourth-order valence-electron chi connectivity index (χ4n) is 5.35. The Morgan fingerprint density at radius 3 is 2.77 bits per heavy atom. The zero-order chi connectivity index (χ0) is 20.8. The van der Waals surface area contributed by atoms with Crippen LogP contribution in [-0.2, 0) is 24.1 Å². The lowest BCUT2D eigenvalue weighted by atomic mass is 10.2. The van der Waals surface area contributed by atoms with Gasteiger partial charge in [0.1, 0.15) is 11.9 Å². The third-order valence-corrected chi connectivity index (χ3v) is 7.22. The van der Waals surface area contributed by atoms with Gasteiger partial charge in [-0.1, -0.05) is 0 Å². The van der Waals surface area contributed by atoms with Gasteiger partial charge in [-0.2, -0.15) is 10.1 Å². The van der Waals surface area contributed by atoms with Crippen LogP contribution in [0.15, 0.2) is 6.07 Å². The molecule has 0 unspecified atom stereocenters. The fourth-order valence-corrected chi connectivity index (χ4v) is 5.35. The van der Waals surface area contributed by atoms with Crippen LogP contribution in [0.2, 0.25) is 0 Å². The maximum Gasteiger partial charge on any atom is 0.245 e. The number of rotatable bonds is 6. The molecule has 0 spiro atoms. The number of likely N-dealkylation sites (tertiary alicyclic amines) is 1. The van der Waals surface area contributed by atoms with E-state index in [1.54, 1.807) is 0 Å². The average Bonchev–Trinajstić information content (AvgIpc) is 3.31. The monoisotopic (exact) mass is 421 g/mol. The Morgan fingerprint density at radius 2 is 1.94 bits per heavy atom. The van der Waals surface area contributed by atoms with E-state index in [0.29, 0.717) is 5.95 Å². The highest BCUT2D eigenvalue weighted by atomic mass is 16.2. The SMILES string of the molecule is O=C([C@@H]1CCCN1c1nc2c(c(Nc3cc(CC4CC4)[nH]n3)n1)CCC2)N1CCCC1. The van der Waals surface area contributed by atoms with Crippen molar-refractivity contribution in [3.05, 3.63) is 23.0 Å². The molecule has 2 aliphatic carbocycles. The third kappa shape index (κ3) is 3.77. The molecule has 4 heterocycles. The van der Waals surface area contributed by atoms with Gasteiger partial charge in [-0.3, -0.25) is 9.89 Å². The summed E-state index contributed by atoms with van der Waals surface area (Å²) in [6, 6.07) is 1.98. The molecule has 1 atom stereocenters. The topological polar surface area (TPSA) is 90.0 Å². The first-order chi connectivity index (χ1) is 15.2. The summed E-state index contributed by atoms with van der Waals surface area (Å²) < 4.78 is 0. The van der Waals surface area contributed by atoms with Crippen LogP contribution in [0.1, 0.15) is 61.9 Å². The molecule has 8 heteroatoms. The first-order valence-corrected chi connectivity index (χ1v) is 12.0. The summed E-state index contributed by atoms with van der Waals surface area (Å²) in [5, 5.41) is 11.1. The number of hydrogen-bond donors (Lipinski definition) is 2. The van der Waals surface area contributed by atoms with Crippen molar-refractivity contribution in [3.8, 4) is 0 Å². The standard InChI is InChI=1S/C23H31N7O/c31-22(29-10-1-2-11-29)19-7-4-12-30(19)23-24-18-6-3-5-17(18)21(26-23)25-20-14-16(27-28-20)13-15-8-9-15/h14-15,19H,1-13H2,(H2,24,25,26,27,28)/t19-/m0/s1. The van der Waals surface area contributed by atoms with E-state index in [9.17, 15) is 4.79 Å². The second-order valence-corrected chi connectivity index (χ2v) is 9.59. The van der Waals surface area contributed by atoms with E-state index < -0.39 is 0 Å². The molecule has 2 saturated heterocycles. The molecular formula is C23H31N7O.